The second-order valence-electron chi connectivity index (χ2n) is 7.34. The number of amides is 2. The van der Waals surface area contributed by atoms with Gasteiger partial charge in [-0.15, -0.1) is 0 Å². The highest BCUT2D eigenvalue weighted by atomic mass is 19.3. The maximum absolute atomic E-state index is 12.9. The van der Waals surface area contributed by atoms with E-state index in [0.29, 0.717) is 24.6 Å². The van der Waals surface area contributed by atoms with E-state index in [1.807, 2.05) is 25.1 Å². The topological polar surface area (TPSA) is 60.0 Å². The van der Waals surface area contributed by atoms with Crippen molar-refractivity contribution in [2.24, 2.45) is 0 Å². The van der Waals surface area contributed by atoms with E-state index in [1.165, 1.54) is 6.07 Å². The van der Waals surface area contributed by atoms with E-state index in [-0.39, 0.29) is 24.6 Å². The number of nitrogens with zero attached hydrogens (tertiary/aromatic N) is 1. The lowest BCUT2D eigenvalue weighted by Crippen LogP contribution is -2.42. The Labute approximate surface area is 173 Å². The van der Waals surface area contributed by atoms with Gasteiger partial charge >= 0.3 is 12.6 Å². The quantitative estimate of drug-likeness (QED) is 0.743. The molecular weight excluding hydrogens is 394 g/mol. The molecule has 2 aromatic carbocycles. The van der Waals surface area contributed by atoms with Crippen molar-refractivity contribution < 1.29 is 27.8 Å². The van der Waals surface area contributed by atoms with Crippen molar-refractivity contribution in [1.82, 2.24) is 10.2 Å². The molecule has 8 heteroatoms. The number of hydrogen-bond acceptors (Lipinski definition) is 4. The highest BCUT2D eigenvalue weighted by Crippen LogP contribution is 2.34. The van der Waals surface area contributed by atoms with Gasteiger partial charge in [0.2, 0.25) is 6.79 Å². The molecule has 1 N–H and O–H groups in total. The molecule has 4 rings (SSSR count). The average molecular weight is 418 g/mol. The van der Waals surface area contributed by atoms with Crippen molar-refractivity contribution in [2.45, 2.75) is 45.4 Å². The van der Waals surface area contributed by atoms with Gasteiger partial charge in [0, 0.05) is 13.1 Å². The fourth-order valence-corrected chi connectivity index (χ4v) is 3.94. The Bertz CT molecular complexity index is 922. The third kappa shape index (κ3) is 4.42. The second kappa shape index (κ2) is 8.77. The standard InChI is InChI=1S/C22H24F2N2O4/c1-2-26(12-14-6-9-19-20(10-14)29-13-28-19)22(27)25-18-5-3-4-15-11-16(30-21(23)24)7-8-17(15)18/h6-11,18,21H,2-5,12-13H2,1H3,(H,25,27). The van der Waals surface area contributed by atoms with Gasteiger partial charge in [0.15, 0.2) is 11.5 Å². The Morgan fingerprint density at radius 2 is 2.07 bits per heavy atom. The summed E-state index contributed by atoms with van der Waals surface area (Å²) >= 11 is 0. The summed E-state index contributed by atoms with van der Waals surface area (Å²) in [4.78, 5) is 14.7. The van der Waals surface area contributed by atoms with Crippen molar-refractivity contribution >= 4 is 6.03 Å². The molecule has 2 aromatic rings. The number of urea groups is 1. The lowest BCUT2D eigenvalue weighted by molar-refractivity contribution is -0.0499. The van der Waals surface area contributed by atoms with Gasteiger partial charge in [-0.1, -0.05) is 12.1 Å². The summed E-state index contributed by atoms with van der Waals surface area (Å²) in [5, 5.41) is 3.10. The van der Waals surface area contributed by atoms with Crippen LogP contribution in [0.25, 0.3) is 0 Å². The van der Waals surface area contributed by atoms with Gasteiger partial charge in [-0.25, -0.2) is 4.79 Å². The third-order valence-corrected chi connectivity index (χ3v) is 5.43. The molecule has 0 saturated carbocycles. The first kappa shape index (κ1) is 20.3. The van der Waals surface area contributed by atoms with Crippen LogP contribution in [0, 0.1) is 0 Å². The summed E-state index contributed by atoms with van der Waals surface area (Å²) in [5.41, 5.74) is 2.84. The van der Waals surface area contributed by atoms with Gasteiger partial charge in [-0.05, 0) is 67.1 Å². The van der Waals surface area contributed by atoms with Gasteiger partial charge < -0.3 is 24.4 Å². The molecule has 1 atom stereocenters. The first-order valence-corrected chi connectivity index (χ1v) is 10.0. The summed E-state index contributed by atoms with van der Waals surface area (Å²) in [6.07, 6.45) is 2.44. The van der Waals surface area contributed by atoms with Gasteiger partial charge in [0.25, 0.3) is 0 Å². The van der Waals surface area contributed by atoms with Crippen LogP contribution in [0.2, 0.25) is 0 Å². The van der Waals surface area contributed by atoms with Crippen LogP contribution in [0.15, 0.2) is 36.4 Å². The van der Waals surface area contributed by atoms with Crippen molar-refractivity contribution in [3.8, 4) is 17.2 Å². The number of carbonyl (C=O) groups excluding carboxylic acids is 1. The zero-order valence-corrected chi connectivity index (χ0v) is 16.7. The molecule has 1 aliphatic heterocycles. The lowest BCUT2D eigenvalue weighted by atomic mass is 9.87. The molecule has 0 fully saturated rings. The fraction of sp³-hybridized carbons (Fsp3) is 0.409. The smallest absolute Gasteiger partial charge is 0.387 e. The number of nitrogens with one attached hydrogen (secondary N) is 1. The van der Waals surface area contributed by atoms with Gasteiger partial charge in [-0.2, -0.15) is 8.78 Å². The Balaban J connectivity index is 1.44. The minimum absolute atomic E-state index is 0.147. The van der Waals surface area contributed by atoms with Crippen LogP contribution in [0.5, 0.6) is 17.2 Å². The molecule has 0 radical (unpaired) electrons. The molecule has 6 nitrogen and oxygen atoms in total. The molecule has 2 amide bonds. The summed E-state index contributed by atoms with van der Waals surface area (Å²) in [7, 11) is 0. The maximum Gasteiger partial charge on any atom is 0.387 e. The predicted octanol–water partition coefficient (Wildman–Crippen LogP) is 4.63. The van der Waals surface area contributed by atoms with Crippen LogP contribution >= 0.6 is 0 Å². The minimum atomic E-state index is -2.85. The van der Waals surface area contributed by atoms with Gasteiger partial charge in [0.05, 0.1) is 6.04 Å². The van der Waals surface area contributed by atoms with Crippen LogP contribution in [0.1, 0.15) is 42.5 Å². The summed E-state index contributed by atoms with van der Waals surface area (Å²) in [6.45, 7) is 0.272. The maximum atomic E-state index is 12.9. The van der Waals surface area contributed by atoms with Crippen LogP contribution in [-0.2, 0) is 13.0 Å². The van der Waals surface area contributed by atoms with E-state index in [9.17, 15) is 13.6 Å². The number of rotatable bonds is 6. The molecule has 2 aliphatic rings. The molecule has 0 bridgehead atoms. The van der Waals surface area contributed by atoms with Crippen LogP contribution < -0.4 is 19.5 Å². The minimum Gasteiger partial charge on any atom is -0.454 e. The van der Waals surface area contributed by atoms with E-state index < -0.39 is 6.61 Å². The largest absolute Gasteiger partial charge is 0.454 e. The third-order valence-electron chi connectivity index (χ3n) is 5.43. The second-order valence-corrected chi connectivity index (χ2v) is 7.34. The SMILES string of the molecule is CCN(Cc1ccc2c(c1)OCO2)C(=O)NC1CCCc2cc(OC(F)F)ccc21. The van der Waals surface area contributed by atoms with Crippen molar-refractivity contribution in [3.63, 3.8) is 0 Å². The van der Waals surface area contributed by atoms with E-state index in [4.69, 9.17) is 9.47 Å². The number of alkyl halides is 2. The summed E-state index contributed by atoms with van der Waals surface area (Å²) in [6, 6.07) is 10.3. The highest BCUT2D eigenvalue weighted by Gasteiger charge is 2.25. The lowest BCUT2D eigenvalue weighted by Gasteiger charge is -2.30. The Kier molecular flexibility index (Phi) is 5.92. The molecule has 1 aliphatic carbocycles. The zero-order valence-electron chi connectivity index (χ0n) is 16.7. The molecule has 1 heterocycles. The predicted molar refractivity (Wildman–Crippen MR) is 106 cm³/mol. The summed E-state index contributed by atoms with van der Waals surface area (Å²) in [5.74, 6) is 1.54. The number of fused-ring (bicyclic) bond motifs is 2. The molecule has 30 heavy (non-hydrogen) atoms. The highest BCUT2D eigenvalue weighted by molar-refractivity contribution is 5.75. The fourth-order valence-electron chi connectivity index (χ4n) is 3.94. The first-order chi connectivity index (χ1) is 14.5. The molecule has 0 aromatic heterocycles. The number of hydrogen-bond donors (Lipinski definition) is 1. The normalized spacial score (nSPS) is 16.9. The number of carbonyl (C=O) groups is 1. The van der Waals surface area contributed by atoms with E-state index in [2.05, 4.69) is 10.1 Å². The number of benzene rings is 2. The van der Waals surface area contributed by atoms with Gasteiger partial charge in [-0.3, -0.25) is 0 Å². The molecule has 0 spiro atoms. The van der Waals surface area contributed by atoms with Crippen LogP contribution in [0.4, 0.5) is 13.6 Å². The molecule has 160 valence electrons. The number of aryl methyl sites for hydroxylation is 1. The Morgan fingerprint density at radius 3 is 2.87 bits per heavy atom. The van der Waals surface area contributed by atoms with Crippen LogP contribution in [-0.4, -0.2) is 30.9 Å². The summed E-state index contributed by atoms with van der Waals surface area (Å²) < 4.78 is 40.2. The number of ether oxygens (including phenoxy) is 3. The zero-order chi connectivity index (χ0) is 21.1. The first-order valence-electron chi connectivity index (χ1n) is 10.0. The Morgan fingerprint density at radius 1 is 1.23 bits per heavy atom. The Hall–Kier alpha value is -3.03. The van der Waals surface area contributed by atoms with E-state index in [1.54, 1.807) is 17.0 Å². The van der Waals surface area contributed by atoms with Crippen molar-refractivity contribution in [1.29, 1.82) is 0 Å². The van der Waals surface area contributed by atoms with E-state index in [0.717, 1.165) is 36.0 Å². The van der Waals surface area contributed by atoms with Crippen LogP contribution in [0.3, 0.4) is 0 Å². The molecular formula is C22H24F2N2O4. The molecule has 0 saturated heterocycles. The molecule has 1 unspecified atom stereocenters. The van der Waals surface area contributed by atoms with E-state index >= 15 is 0 Å². The van der Waals surface area contributed by atoms with Crippen molar-refractivity contribution in [2.75, 3.05) is 13.3 Å². The van der Waals surface area contributed by atoms with Crippen molar-refractivity contribution in [3.05, 3.63) is 53.1 Å². The van der Waals surface area contributed by atoms with Gasteiger partial charge in [0.1, 0.15) is 5.75 Å². The monoisotopic (exact) mass is 418 g/mol. The number of halogens is 2. The average Bonchev–Trinajstić information content (AvgIpc) is 3.19.